The van der Waals surface area contributed by atoms with Crippen LogP contribution in [0, 0.1) is 0 Å². The Labute approximate surface area is 89.7 Å². The minimum Gasteiger partial charge on any atom is -0.512 e. The van der Waals surface area contributed by atoms with Crippen LogP contribution in [0.2, 0.25) is 0 Å². The lowest BCUT2D eigenvalue weighted by atomic mass is 10.3. The van der Waals surface area contributed by atoms with E-state index in [1.54, 1.807) is 6.92 Å². The minimum atomic E-state index is -1.01. The van der Waals surface area contributed by atoms with E-state index in [2.05, 4.69) is 16.8 Å². The van der Waals surface area contributed by atoms with Gasteiger partial charge in [0.2, 0.25) is 0 Å². The van der Waals surface area contributed by atoms with E-state index in [0.29, 0.717) is 0 Å². The van der Waals surface area contributed by atoms with Crippen LogP contribution in [0.4, 0.5) is 0 Å². The van der Waals surface area contributed by atoms with Crippen molar-refractivity contribution in [3.05, 3.63) is 11.8 Å². The molecular formula is C10H18N2O3. The minimum absolute atomic E-state index is 0.0995. The van der Waals surface area contributed by atoms with Crippen molar-refractivity contribution in [2.75, 3.05) is 19.6 Å². The number of hydrogen-bond donors (Lipinski definition) is 2. The zero-order chi connectivity index (χ0) is 11.7. The summed E-state index contributed by atoms with van der Waals surface area (Å²) < 4.78 is 0. The van der Waals surface area contributed by atoms with Crippen LogP contribution >= 0.6 is 0 Å². The van der Waals surface area contributed by atoms with Gasteiger partial charge >= 0.3 is 5.97 Å². The number of allylic oxidation sites excluding steroid dienone is 1. The SMILES string of the molecule is CC=C(O)CC(=O)O.CCN1C=NCC1. The Morgan fingerprint density at radius 1 is 1.60 bits per heavy atom. The lowest BCUT2D eigenvalue weighted by molar-refractivity contribution is -0.136. The molecule has 0 saturated carbocycles. The normalized spacial score (nSPS) is 14.8. The van der Waals surface area contributed by atoms with Gasteiger partial charge in [0.15, 0.2) is 0 Å². The molecule has 0 unspecified atom stereocenters. The van der Waals surface area contributed by atoms with Crippen LogP contribution in [0.15, 0.2) is 16.8 Å². The Bertz CT molecular complexity index is 249. The van der Waals surface area contributed by atoms with Gasteiger partial charge in [0, 0.05) is 13.1 Å². The summed E-state index contributed by atoms with van der Waals surface area (Å²) in [7, 11) is 0. The third-order valence-corrected chi connectivity index (χ3v) is 1.83. The monoisotopic (exact) mass is 214 g/mol. The summed E-state index contributed by atoms with van der Waals surface area (Å²) in [6.45, 7) is 6.93. The number of carboxylic acid groups (broad SMARTS) is 1. The molecule has 86 valence electrons. The van der Waals surface area contributed by atoms with E-state index in [0.717, 1.165) is 19.6 Å². The van der Waals surface area contributed by atoms with Crippen LogP contribution in [0.3, 0.4) is 0 Å². The van der Waals surface area contributed by atoms with E-state index < -0.39 is 5.97 Å². The number of carbonyl (C=O) groups is 1. The highest BCUT2D eigenvalue weighted by Crippen LogP contribution is 1.93. The largest absolute Gasteiger partial charge is 0.512 e. The molecule has 0 aromatic carbocycles. The van der Waals surface area contributed by atoms with Crippen LogP contribution in [-0.2, 0) is 4.79 Å². The molecule has 1 aliphatic rings. The molecule has 0 bridgehead atoms. The summed E-state index contributed by atoms with van der Waals surface area (Å²) in [6, 6.07) is 0. The predicted molar refractivity (Wildman–Crippen MR) is 59.2 cm³/mol. The van der Waals surface area contributed by atoms with Gasteiger partial charge < -0.3 is 15.1 Å². The summed E-state index contributed by atoms with van der Waals surface area (Å²) in [5.41, 5.74) is 0. The Balaban J connectivity index is 0.000000262. The summed E-state index contributed by atoms with van der Waals surface area (Å²) >= 11 is 0. The molecule has 1 heterocycles. The summed E-state index contributed by atoms with van der Waals surface area (Å²) in [4.78, 5) is 16.0. The molecule has 0 atom stereocenters. The first-order valence-electron chi connectivity index (χ1n) is 4.90. The second-order valence-corrected chi connectivity index (χ2v) is 3.00. The fraction of sp³-hybridized carbons (Fsp3) is 0.600. The second kappa shape index (κ2) is 7.84. The van der Waals surface area contributed by atoms with Gasteiger partial charge in [-0.3, -0.25) is 9.79 Å². The molecule has 0 fully saturated rings. The zero-order valence-electron chi connectivity index (χ0n) is 9.18. The third-order valence-electron chi connectivity index (χ3n) is 1.83. The molecule has 0 radical (unpaired) electrons. The Morgan fingerprint density at radius 3 is 2.47 bits per heavy atom. The van der Waals surface area contributed by atoms with Gasteiger partial charge in [-0.25, -0.2) is 0 Å². The van der Waals surface area contributed by atoms with Crippen LogP contribution < -0.4 is 0 Å². The number of hydrogen-bond acceptors (Lipinski definition) is 4. The van der Waals surface area contributed by atoms with E-state index in [1.165, 1.54) is 6.08 Å². The standard InChI is InChI=1S/C5H10N2.C5H8O3/c1-2-7-4-3-6-5-7;1-2-4(6)3-5(7)8/h5H,2-4H2,1H3;2,6H,3H2,1H3,(H,7,8). The van der Waals surface area contributed by atoms with Gasteiger partial charge in [-0.15, -0.1) is 0 Å². The van der Waals surface area contributed by atoms with Crippen LogP contribution in [0.1, 0.15) is 20.3 Å². The van der Waals surface area contributed by atoms with Gasteiger partial charge in [-0.05, 0) is 19.9 Å². The van der Waals surface area contributed by atoms with Crippen LogP contribution in [0.5, 0.6) is 0 Å². The lowest BCUT2D eigenvalue weighted by Gasteiger charge is -2.07. The quantitative estimate of drug-likeness (QED) is 0.694. The predicted octanol–water partition coefficient (Wildman–Crippen LogP) is 1.27. The summed E-state index contributed by atoms with van der Waals surface area (Å²) in [5.74, 6) is -1.11. The molecule has 0 aromatic heterocycles. The Morgan fingerprint density at radius 2 is 2.27 bits per heavy atom. The van der Waals surface area contributed by atoms with Gasteiger partial charge in [0.05, 0.1) is 18.6 Å². The molecule has 1 rings (SSSR count). The maximum Gasteiger partial charge on any atom is 0.310 e. The average molecular weight is 214 g/mol. The van der Waals surface area contributed by atoms with Crippen molar-refractivity contribution >= 4 is 12.3 Å². The van der Waals surface area contributed by atoms with Gasteiger partial charge in [-0.1, -0.05) is 0 Å². The number of carboxylic acids is 1. The first kappa shape index (κ1) is 13.5. The fourth-order valence-corrected chi connectivity index (χ4v) is 0.914. The molecule has 0 aromatic rings. The Kier molecular flexibility index (Phi) is 7.05. The highest BCUT2D eigenvalue weighted by Gasteiger charge is 1.99. The number of nitrogens with zero attached hydrogens (tertiary/aromatic N) is 2. The first-order valence-corrected chi connectivity index (χ1v) is 4.90. The molecule has 5 nitrogen and oxygen atoms in total. The lowest BCUT2D eigenvalue weighted by Crippen LogP contribution is -2.18. The van der Waals surface area contributed by atoms with Crippen molar-refractivity contribution in [3.63, 3.8) is 0 Å². The van der Waals surface area contributed by atoms with E-state index in [-0.39, 0.29) is 12.2 Å². The molecule has 0 amide bonds. The van der Waals surface area contributed by atoms with Gasteiger partial charge in [0.25, 0.3) is 0 Å². The number of aliphatic hydroxyl groups excluding tert-OH is 1. The topological polar surface area (TPSA) is 73.1 Å². The van der Waals surface area contributed by atoms with Crippen molar-refractivity contribution in [1.82, 2.24) is 4.90 Å². The van der Waals surface area contributed by atoms with E-state index in [9.17, 15) is 4.79 Å². The third kappa shape index (κ3) is 7.54. The van der Waals surface area contributed by atoms with Crippen LogP contribution in [0.25, 0.3) is 0 Å². The molecule has 15 heavy (non-hydrogen) atoms. The number of rotatable bonds is 3. The number of likely N-dealkylation sites (N-methyl/N-ethyl adjacent to an activating group) is 1. The highest BCUT2D eigenvalue weighted by atomic mass is 16.4. The van der Waals surface area contributed by atoms with Crippen LogP contribution in [-0.4, -0.2) is 47.1 Å². The number of aliphatic imine (C=N–C) groups is 1. The van der Waals surface area contributed by atoms with E-state index in [4.69, 9.17) is 10.2 Å². The van der Waals surface area contributed by atoms with Crippen molar-refractivity contribution in [2.24, 2.45) is 4.99 Å². The molecule has 0 aliphatic carbocycles. The highest BCUT2D eigenvalue weighted by molar-refractivity contribution is 5.69. The maximum atomic E-state index is 9.77. The number of aliphatic carboxylic acids is 1. The fourth-order valence-electron chi connectivity index (χ4n) is 0.914. The van der Waals surface area contributed by atoms with Crippen molar-refractivity contribution in [2.45, 2.75) is 20.3 Å². The molecule has 1 aliphatic heterocycles. The smallest absolute Gasteiger partial charge is 0.310 e. The summed E-state index contributed by atoms with van der Waals surface area (Å²) in [5, 5.41) is 16.5. The summed E-state index contributed by atoms with van der Waals surface area (Å²) in [6.07, 6.45) is 2.99. The van der Waals surface area contributed by atoms with E-state index in [1.807, 2.05) is 6.34 Å². The average Bonchev–Trinajstić information content (AvgIpc) is 2.70. The Hall–Kier alpha value is -1.52. The first-order chi connectivity index (χ1) is 7.10. The number of aliphatic hydroxyl groups is 1. The van der Waals surface area contributed by atoms with Gasteiger partial charge in [-0.2, -0.15) is 0 Å². The van der Waals surface area contributed by atoms with Crippen molar-refractivity contribution < 1.29 is 15.0 Å². The van der Waals surface area contributed by atoms with Crippen molar-refractivity contribution in [3.8, 4) is 0 Å². The molecule has 0 spiro atoms. The van der Waals surface area contributed by atoms with E-state index >= 15 is 0 Å². The molecule has 2 N–H and O–H groups in total. The van der Waals surface area contributed by atoms with Gasteiger partial charge in [0.1, 0.15) is 6.42 Å². The van der Waals surface area contributed by atoms with Crippen molar-refractivity contribution in [1.29, 1.82) is 0 Å². The maximum absolute atomic E-state index is 9.77. The molecular weight excluding hydrogens is 196 g/mol. The second-order valence-electron chi connectivity index (χ2n) is 3.00. The molecule has 5 heteroatoms. The molecule has 0 saturated heterocycles. The zero-order valence-corrected chi connectivity index (χ0v) is 9.18.